The van der Waals surface area contributed by atoms with Crippen molar-refractivity contribution in [3.63, 3.8) is 0 Å². The summed E-state index contributed by atoms with van der Waals surface area (Å²) in [5.41, 5.74) is 2.61. The fourth-order valence-electron chi connectivity index (χ4n) is 3.88. The van der Waals surface area contributed by atoms with Gasteiger partial charge in [-0.3, -0.25) is 9.59 Å². The molecule has 0 saturated carbocycles. The summed E-state index contributed by atoms with van der Waals surface area (Å²) in [4.78, 5) is 31.1. The summed E-state index contributed by atoms with van der Waals surface area (Å²) in [6.07, 6.45) is 1.25. The molecule has 1 aromatic heterocycles. The lowest BCUT2D eigenvalue weighted by Gasteiger charge is -2.30. The Hall–Kier alpha value is -3.41. The largest absolute Gasteiger partial charge is 0.483 e. The van der Waals surface area contributed by atoms with Gasteiger partial charge in [-0.2, -0.15) is 0 Å². The second-order valence-corrected chi connectivity index (χ2v) is 7.58. The molecule has 1 fully saturated rings. The van der Waals surface area contributed by atoms with Crippen LogP contribution in [0.1, 0.15) is 19.8 Å². The van der Waals surface area contributed by atoms with Gasteiger partial charge in [-0.1, -0.05) is 42.5 Å². The number of pyridine rings is 1. The molecule has 3 aromatic rings. The van der Waals surface area contributed by atoms with Crippen LogP contribution in [0.3, 0.4) is 0 Å². The van der Waals surface area contributed by atoms with Gasteiger partial charge in [0.1, 0.15) is 5.75 Å². The highest BCUT2D eigenvalue weighted by Crippen LogP contribution is 2.30. The summed E-state index contributed by atoms with van der Waals surface area (Å²) in [6, 6.07) is 19.5. The van der Waals surface area contributed by atoms with E-state index in [9.17, 15) is 9.59 Å². The van der Waals surface area contributed by atoms with Crippen LogP contribution in [0.15, 0.2) is 60.7 Å². The number of carbonyl (C=O) groups excluding carboxylic acids is 2. The fourth-order valence-corrected chi connectivity index (χ4v) is 3.88. The molecule has 6 heteroatoms. The van der Waals surface area contributed by atoms with Gasteiger partial charge in [-0.05, 0) is 31.9 Å². The second-order valence-electron chi connectivity index (χ2n) is 7.58. The van der Waals surface area contributed by atoms with Gasteiger partial charge >= 0.3 is 5.97 Å². The first-order valence-corrected chi connectivity index (χ1v) is 10.7. The number of amides is 1. The number of hydrogen-bond acceptors (Lipinski definition) is 5. The molecular weight excluding hydrogens is 392 g/mol. The number of para-hydroxylation sites is 1. The topological polar surface area (TPSA) is 68.7 Å². The maximum absolute atomic E-state index is 12.7. The normalized spacial score (nSPS) is 14.4. The molecule has 6 nitrogen and oxygen atoms in total. The molecule has 2 aromatic carbocycles. The standard InChI is InChI=1S/C25H26N2O4/c1-2-30-25(29)19-12-14-27(15-13-19)24(28)17-31-23-16-22(18-8-4-3-5-9-18)26-21-11-7-6-10-20(21)23/h3-11,16,19H,2,12-15,17H2,1H3. The van der Waals surface area contributed by atoms with Crippen molar-refractivity contribution in [3.8, 4) is 17.0 Å². The van der Waals surface area contributed by atoms with E-state index in [0.29, 0.717) is 38.3 Å². The first kappa shape index (κ1) is 20.8. The van der Waals surface area contributed by atoms with Crippen LogP contribution in [0.4, 0.5) is 0 Å². The summed E-state index contributed by atoms with van der Waals surface area (Å²) in [5.74, 6) is 0.272. The smallest absolute Gasteiger partial charge is 0.309 e. The van der Waals surface area contributed by atoms with Crippen LogP contribution >= 0.6 is 0 Å². The van der Waals surface area contributed by atoms with Gasteiger partial charge in [0.05, 0.1) is 23.7 Å². The molecule has 4 rings (SSSR count). The molecule has 1 aliphatic rings. The zero-order chi connectivity index (χ0) is 21.6. The van der Waals surface area contributed by atoms with Crippen molar-refractivity contribution in [2.24, 2.45) is 5.92 Å². The van der Waals surface area contributed by atoms with Crippen molar-refractivity contribution in [3.05, 3.63) is 60.7 Å². The Morgan fingerprint density at radius 3 is 2.48 bits per heavy atom. The Kier molecular flexibility index (Phi) is 6.46. The van der Waals surface area contributed by atoms with E-state index >= 15 is 0 Å². The van der Waals surface area contributed by atoms with Crippen molar-refractivity contribution in [2.45, 2.75) is 19.8 Å². The minimum Gasteiger partial charge on any atom is -0.483 e. The van der Waals surface area contributed by atoms with E-state index in [1.54, 1.807) is 11.8 Å². The summed E-state index contributed by atoms with van der Waals surface area (Å²) in [7, 11) is 0. The molecule has 160 valence electrons. The summed E-state index contributed by atoms with van der Waals surface area (Å²) in [5, 5.41) is 0.871. The first-order chi connectivity index (χ1) is 15.2. The van der Waals surface area contributed by atoms with Gasteiger partial charge in [0, 0.05) is 30.1 Å². The van der Waals surface area contributed by atoms with Crippen molar-refractivity contribution in [2.75, 3.05) is 26.3 Å². The Labute approximate surface area is 181 Å². The van der Waals surface area contributed by atoms with Gasteiger partial charge in [-0.25, -0.2) is 4.98 Å². The summed E-state index contributed by atoms with van der Waals surface area (Å²) < 4.78 is 11.1. The molecule has 0 N–H and O–H groups in total. The van der Waals surface area contributed by atoms with E-state index in [0.717, 1.165) is 22.2 Å². The van der Waals surface area contributed by atoms with Crippen molar-refractivity contribution in [1.82, 2.24) is 9.88 Å². The average Bonchev–Trinajstić information content (AvgIpc) is 2.83. The molecule has 0 atom stereocenters. The lowest BCUT2D eigenvalue weighted by atomic mass is 9.97. The molecular formula is C25H26N2O4. The van der Waals surface area contributed by atoms with Gasteiger partial charge in [0.25, 0.3) is 5.91 Å². The lowest BCUT2D eigenvalue weighted by molar-refractivity contribution is -0.151. The third kappa shape index (κ3) is 4.85. The Morgan fingerprint density at radius 1 is 1.03 bits per heavy atom. The number of carbonyl (C=O) groups is 2. The number of piperidine rings is 1. The van der Waals surface area contributed by atoms with Crippen LogP contribution in [0.2, 0.25) is 0 Å². The lowest BCUT2D eigenvalue weighted by Crippen LogP contribution is -2.42. The monoisotopic (exact) mass is 418 g/mol. The van der Waals surface area contributed by atoms with E-state index in [2.05, 4.69) is 0 Å². The first-order valence-electron chi connectivity index (χ1n) is 10.7. The molecule has 0 aliphatic carbocycles. The quantitative estimate of drug-likeness (QED) is 0.564. The third-order valence-corrected chi connectivity index (χ3v) is 5.57. The van der Waals surface area contributed by atoms with Gasteiger partial charge in [0.15, 0.2) is 6.61 Å². The SMILES string of the molecule is CCOC(=O)C1CCN(C(=O)COc2cc(-c3ccccc3)nc3ccccc23)CC1. The number of esters is 1. The van der Waals surface area contributed by atoms with Crippen molar-refractivity contribution in [1.29, 1.82) is 0 Å². The Morgan fingerprint density at radius 2 is 1.74 bits per heavy atom. The summed E-state index contributed by atoms with van der Waals surface area (Å²) in [6.45, 7) is 3.22. The van der Waals surface area contributed by atoms with Gasteiger partial charge < -0.3 is 14.4 Å². The van der Waals surface area contributed by atoms with Crippen LogP contribution < -0.4 is 4.74 Å². The Bertz CT molecular complexity index is 1060. The van der Waals surface area contributed by atoms with Crippen LogP contribution in [-0.2, 0) is 14.3 Å². The number of ether oxygens (including phenoxy) is 2. The van der Waals surface area contributed by atoms with Crippen LogP contribution in [0, 0.1) is 5.92 Å². The van der Waals surface area contributed by atoms with E-state index in [-0.39, 0.29) is 24.4 Å². The number of hydrogen-bond donors (Lipinski definition) is 0. The maximum Gasteiger partial charge on any atom is 0.309 e. The predicted molar refractivity (Wildman–Crippen MR) is 119 cm³/mol. The van der Waals surface area contributed by atoms with E-state index in [1.165, 1.54) is 0 Å². The average molecular weight is 418 g/mol. The minimum absolute atomic E-state index is 0.0493. The minimum atomic E-state index is -0.164. The van der Waals surface area contributed by atoms with E-state index in [4.69, 9.17) is 14.5 Å². The van der Waals surface area contributed by atoms with Crippen molar-refractivity contribution >= 4 is 22.8 Å². The number of fused-ring (bicyclic) bond motifs is 1. The van der Waals surface area contributed by atoms with E-state index in [1.807, 2.05) is 60.7 Å². The molecule has 0 unspecified atom stereocenters. The third-order valence-electron chi connectivity index (χ3n) is 5.57. The van der Waals surface area contributed by atoms with Crippen molar-refractivity contribution < 1.29 is 19.1 Å². The van der Waals surface area contributed by atoms with Crippen LogP contribution in [-0.4, -0.2) is 48.1 Å². The molecule has 0 spiro atoms. The maximum atomic E-state index is 12.7. The molecule has 0 bridgehead atoms. The zero-order valence-corrected chi connectivity index (χ0v) is 17.6. The highest BCUT2D eigenvalue weighted by Gasteiger charge is 2.28. The highest BCUT2D eigenvalue weighted by atomic mass is 16.5. The Balaban J connectivity index is 1.45. The number of benzene rings is 2. The van der Waals surface area contributed by atoms with E-state index < -0.39 is 0 Å². The number of rotatable bonds is 6. The highest BCUT2D eigenvalue weighted by molar-refractivity contribution is 5.88. The summed E-state index contributed by atoms with van der Waals surface area (Å²) >= 11 is 0. The number of likely N-dealkylation sites (tertiary alicyclic amines) is 1. The van der Waals surface area contributed by atoms with Crippen LogP contribution in [0.5, 0.6) is 5.75 Å². The number of nitrogens with zero attached hydrogens (tertiary/aromatic N) is 2. The zero-order valence-electron chi connectivity index (χ0n) is 17.6. The molecule has 1 aliphatic heterocycles. The molecule has 2 heterocycles. The molecule has 1 saturated heterocycles. The van der Waals surface area contributed by atoms with Gasteiger partial charge in [-0.15, -0.1) is 0 Å². The van der Waals surface area contributed by atoms with Crippen LogP contribution in [0.25, 0.3) is 22.2 Å². The molecule has 31 heavy (non-hydrogen) atoms. The fraction of sp³-hybridized carbons (Fsp3) is 0.320. The second kappa shape index (κ2) is 9.60. The number of aromatic nitrogens is 1. The van der Waals surface area contributed by atoms with Gasteiger partial charge in [0.2, 0.25) is 0 Å². The molecule has 1 amide bonds. The predicted octanol–water partition coefficient (Wildman–Crippen LogP) is 4.08. The molecule has 0 radical (unpaired) electrons.